The molecular weight excluding hydrogens is 558 g/mol. The zero-order valence-corrected chi connectivity index (χ0v) is 25.6. The highest BCUT2D eigenvalue weighted by Crippen LogP contribution is 2.53. The molecule has 2 unspecified atom stereocenters. The van der Waals surface area contributed by atoms with Crippen LogP contribution in [-0.4, -0.2) is 68.7 Å². The third kappa shape index (κ3) is 11.4. The van der Waals surface area contributed by atoms with E-state index in [4.69, 9.17) is 37.3 Å². The fourth-order valence-electron chi connectivity index (χ4n) is 3.30. The van der Waals surface area contributed by atoms with Gasteiger partial charge >= 0.3 is 31.7 Å². The Morgan fingerprint density at radius 3 is 1.70 bits per heavy atom. The third-order valence-corrected chi connectivity index (χ3v) is 7.10. The largest absolute Gasteiger partial charge is 0.483 e. The van der Waals surface area contributed by atoms with E-state index in [0.29, 0.717) is 0 Å². The normalized spacial score (nSPS) is 24.5. The van der Waals surface area contributed by atoms with Crippen LogP contribution in [0.3, 0.4) is 0 Å². The molecule has 0 radical (unpaired) electrons. The first-order chi connectivity index (χ1) is 18.2. The zero-order valence-electron chi connectivity index (χ0n) is 24.7. The van der Waals surface area contributed by atoms with Gasteiger partial charge in [-0.1, -0.05) is 13.8 Å². The third-order valence-electron chi connectivity index (χ3n) is 5.79. The summed E-state index contributed by atoms with van der Waals surface area (Å²) in [6.45, 7) is 12.6. The summed E-state index contributed by atoms with van der Waals surface area (Å²) >= 11 is 0. The van der Waals surface area contributed by atoms with Gasteiger partial charge in [0.05, 0.1) is 16.9 Å². The second kappa shape index (κ2) is 14.7. The van der Waals surface area contributed by atoms with Crippen LogP contribution in [0.5, 0.6) is 0 Å². The number of hydrogen-bond donors (Lipinski definition) is 0. The van der Waals surface area contributed by atoms with E-state index in [2.05, 4.69) is 0 Å². The topological polar surface area (TPSA) is 159 Å². The number of hydrogen-bond acceptors (Lipinski definition) is 13. The summed E-state index contributed by atoms with van der Waals surface area (Å²) in [6, 6.07) is 0. The summed E-state index contributed by atoms with van der Waals surface area (Å²) in [6.07, 6.45) is -6.00. The maximum Gasteiger partial charge on any atom is 0.483 e. The van der Waals surface area contributed by atoms with Crippen molar-refractivity contribution in [3.8, 4) is 0 Å². The number of carbonyl (C=O) groups is 4. The minimum Gasteiger partial charge on any atom is -0.463 e. The Morgan fingerprint density at radius 1 is 0.825 bits per heavy atom. The molecule has 0 aliphatic carbocycles. The lowest BCUT2D eigenvalue weighted by molar-refractivity contribution is -0.265. The van der Waals surface area contributed by atoms with Crippen molar-refractivity contribution in [2.45, 2.75) is 93.9 Å². The molecule has 0 amide bonds. The van der Waals surface area contributed by atoms with Crippen molar-refractivity contribution in [2.24, 2.45) is 22.7 Å². The number of phosphoric ester groups is 1. The molecule has 0 aromatic heterocycles. The summed E-state index contributed by atoms with van der Waals surface area (Å²) in [5.41, 5.74) is -1.83. The van der Waals surface area contributed by atoms with Crippen molar-refractivity contribution >= 4 is 31.7 Å². The van der Waals surface area contributed by atoms with Crippen molar-refractivity contribution in [1.29, 1.82) is 0 Å². The number of phosphoric acid groups is 1. The highest BCUT2D eigenvalue weighted by molar-refractivity contribution is 7.48. The van der Waals surface area contributed by atoms with E-state index >= 15 is 4.39 Å². The second-order valence-electron chi connectivity index (χ2n) is 11.5. The molecule has 0 bridgehead atoms. The summed E-state index contributed by atoms with van der Waals surface area (Å²) in [4.78, 5) is 47.3. The van der Waals surface area contributed by atoms with Gasteiger partial charge in [-0.05, 0) is 47.5 Å². The highest BCUT2D eigenvalue weighted by atomic mass is 31.2. The van der Waals surface area contributed by atoms with E-state index in [1.807, 2.05) is 0 Å². The van der Waals surface area contributed by atoms with Gasteiger partial charge in [-0.15, -0.1) is 0 Å². The smallest absolute Gasteiger partial charge is 0.463 e. The second-order valence-corrected chi connectivity index (χ2v) is 13.1. The Bertz CT molecular complexity index is 906. The number of carbonyl (C=O) groups excluding carboxylic acids is 4. The van der Waals surface area contributed by atoms with E-state index in [1.165, 1.54) is 0 Å². The van der Waals surface area contributed by atoms with Gasteiger partial charge in [-0.25, -0.2) is 18.0 Å². The van der Waals surface area contributed by atoms with Gasteiger partial charge in [0.25, 0.3) is 0 Å². The minimum atomic E-state index is -4.80. The summed E-state index contributed by atoms with van der Waals surface area (Å²) in [5.74, 6) is -4.03. The van der Waals surface area contributed by atoms with Gasteiger partial charge in [0.2, 0.25) is 19.9 Å². The van der Waals surface area contributed by atoms with Gasteiger partial charge in [-0.2, -0.15) is 0 Å². The van der Waals surface area contributed by atoms with Crippen LogP contribution in [0.15, 0.2) is 0 Å². The Hall–Kier alpha value is -2.12. The van der Waals surface area contributed by atoms with Crippen LogP contribution in [0.2, 0.25) is 0 Å². The highest BCUT2D eigenvalue weighted by Gasteiger charge is 2.50. The molecule has 0 saturated carbocycles. The maximum absolute atomic E-state index is 15.1. The Labute approximate surface area is 234 Å². The number of halogens is 1. The first-order valence-corrected chi connectivity index (χ1v) is 14.2. The Morgan fingerprint density at radius 2 is 1.30 bits per heavy atom. The molecule has 0 aromatic carbocycles. The summed E-state index contributed by atoms with van der Waals surface area (Å²) in [7, 11) is -4.80. The van der Waals surface area contributed by atoms with Crippen molar-refractivity contribution in [2.75, 3.05) is 20.2 Å². The predicted molar refractivity (Wildman–Crippen MR) is 136 cm³/mol. The van der Waals surface area contributed by atoms with Crippen molar-refractivity contribution in [1.82, 2.24) is 0 Å². The summed E-state index contributed by atoms with van der Waals surface area (Å²) in [5, 5.41) is 0. The van der Waals surface area contributed by atoms with Gasteiger partial charge in [0.15, 0.2) is 12.3 Å². The molecular formula is C25H42FO13P. The Balaban J connectivity index is 3.24. The van der Waals surface area contributed by atoms with Gasteiger partial charge in [0, 0.05) is 19.8 Å². The van der Waals surface area contributed by atoms with E-state index < -0.39 is 99.2 Å². The lowest BCUT2D eigenvalue weighted by atomic mass is 9.82. The van der Waals surface area contributed by atoms with Crippen LogP contribution in [0.4, 0.5) is 4.39 Å². The quantitative estimate of drug-likeness (QED) is 0.137. The molecule has 232 valence electrons. The first kappa shape index (κ1) is 35.9. The predicted octanol–water partition coefficient (Wildman–Crippen LogP) is 4.07. The van der Waals surface area contributed by atoms with Crippen molar-refractivity contribution < 1.29 is 65.4 Å². The molecule has 40 heavy (non-hydrogen) atoms. The SMILES string of the molecule is CC(=O)OC[C@H](F)C1O[C@@H](OP(=O)(OCOC(=O)C(C)(C)C)OCOC(=O)C(C)(C)C)C(OC(C)=O)[C@@H](C)[C@@H]1C. The molecule has 1 saturated heterocycles. The number of rotatable bonds is 12. The Kier molecular flexibility index (Phi) is 13.2. The first-order valence-electron chi connectivity index (χ1n) is 12.7. The fourth-order valence-corrected chi connectivity index (χ4v) is 4.28. The maximum atomic E-state index is 15.1. The van der Waals surface area contributed by atoms with Crippen molar-refractivity contribution in [3.05, 3.63) is 0 Å². The average molecular weight is 601 g/mol. The van der Waals surface area contributed by atoms with Crippen LogP contribution >= 0.6 is 7.82 Å². The molecule has 13 nitrogen and oxygen atoms in total. The van der Waals surface area contributed by atoms with Gasteiger partial charge < -0.3 is 23.7 Å². The summed E-state index contributed by atoms with van der Waals surface area (Å²) < 4.78 is 70.3. The molecule has 1 aliphatic rings. The number of ether oxygens (including phenoxy) is 5. The average Bonchev–Trinajstić information content (AvgIpc) is 2.80. The van der Waals surface area contributed by atoms with Crippen LogP contribution in [0.25, 0.3) is 0 Å². The molecule has 1 rings (SSSR count). The lowest BCUT2D eigenvalue weighted by Gasteiger charge is -2.44. The number of alkyl halides is 1. The molecule has 0 N–H and O–H groups in total. The lowest BCUT2D eigenvalue weighted by Crippen LogP contribution is -2.55. The molecule has 6 atom stereocenters. The standard InChI is InChI=1S/C25H42FO13P/c1-14-15(2)20(37-17(4)28)21(38-19(14)18(26)11-32-16(3)27)39-40(31,35-12-33-22(29)24(5,6)7)36-13-34-23(30)25(8,9)10/h14-15,18-21H,11-13H2,1-10H3/t14-,15-,18-,19?,20?,21-/m0/s1. The molecule has 1 aliphatic heterocycles. The van der Waals surface area contributed by atoms with Gasteiger partial charge in [-0.3, -0.25) is 23.7 Å². The van der Waals surface area contributed by atoms with Crippen molar-refractivity contribution in [3.63, 3.8) is 0 Å². The van der Waals surface area contributed by atoms with Crippen LogP contribution in [-0.2, 0) is 61.0 Å². The monoisotopic (exact) mass is 600 g/mol. The molecule has 15 heteroatoms. The molecule has 1 heterocycles. The molecule has 0 spiro atoms. The van der Waals surface area contributed by atoms with Crippen LogP contribution in [0, 0.1) is 22.7 Å². The van der Waals surface area contributed by atoms with Crippen LogP contribution < -0.4 is 0 Å². The number of esters is 4. The fraction of sp³-hybridized carbons (Fsp3) is 0.840. The van der Waals surface area contributed by atoms with E-state index in [0.717, 1.165) is 13.8 Å². The molecule has 1 fully saturated rings. The van der Waals surface area contributed by atoms with Crippen LogP contribution in [0.1, 0.15) is 69.2 Å². The van der Waals surface area contributed by atoms with E-state index in [1.54, 1.807) is 55.4 Å². The van der Waals surface area contributed by atoms with Gasteiger partial charge in [0.1, 0.15) is 6.61 Å². The van der Waals surface area contributed by atoms with E-state index in [-0.39, 0.29) is 0 Å². The molecule has 0 aromatic rings. The zero-order chi connectivity index (χ0) is 31.1. The van der Waals surface area contributed by atoms with E-state index in [9.17, 15) is 23.7 Å². The minimum absolute atomic E-state index is 0.587.